The third-order valence-electron chi connectivity index (χ3n) is 5.21. The maximum atomic E-state index is 13.6. The first-order valence-corrected chi connectivity index (χ1v) is 11.8. The Morgan fingerprint density at radius 1 is 0.970 bits per heavy atom. The molecule has 3 aromatic carbocycles. The summed E-state index contributed by atoms with van der Waals surface area (Å²) in [5, 5.41) is 3.17. The lowest BCUT2D eigenvalue weighted by atomic mass is 10.1. The van der Waals surface area contributed by atoms with E-state index < -0.39 is 15.8 Å². The minimum Gasteiger partial charge on any atom is -0.495 e. The number of carbonyl (C=O) groups excluding carboxylic acids is 1. The van der Waals surface area contributed by atoms with Gasteiger partial charge in [-0.2, -0.15) is 0 Å². The second-order valence-corrected chi connectivity index (χ2v) is 9.42. The number of halogens is 1. The lowest BCUT2D eigenvalue weighted by molar-refractivity contribution is 0.104. The molecule has 0 bridgehead atoms. The average Bonchev–Trinajstić information content (AvgIpc) is 2.82. The maximum Gasteiger partial charge on any atom is 0.270 e. The number of benzene rings is 3. The molecule has 0 aliphatic carbocycles. The molecule has 1 N–H and O–H groups in total. The van der Waals surface area contributed by atoms with Gasteiger partial charge in [-0.25, -0.2) is 8.42 Å². The number of hydrogen-bond donors (Lipinski definition) is 1. The van der Waals surface area contributed by atoms with Crippen molar-refractivity contribution in [1.29, 1.82) is 0 Å². The van der Waals surface area contributed by atoms with E-state index in [2.05, 4.69) is 5.32 Å². The summed E-state index contributed by atoms with van der Waals surface area (Å²) in [5.74, 6) is 0.173. The summed E-state index contributed by atoms with van der Waals surface area (Å²) < 4.78 is 38.9. The number of anilines is 2. The van der Waals surface area contributed by atoms with E-state index in [0.717, 1.165) is 5.56 Å². The number of hydrogen-bond acceptors (Lipinski definition) is 6. The average molecular weight is 485 g/mol. The molecule has 0 unspecified atom stereocenters. The molecule has 1 aliphatic heterocycles. The summed E-state index contributed by atoms with van der Waals surface area (Å²) in [6.45, 7) is 0.0858. The van der Waals surface area contributed by atoms with E-state index in [0.29, 0.717) is 33.5 Å². The Bertz CT molecular complexity index is 1340. The Hall–Kier alpha value is -3.49. The molecule has 1 aliphatic rings. The first-order valence-electron chi connectivity index (χ1n) is 9.95. The number of ether oxygens (including phenoxy) is 2. The molecular weight excluding hydrogens is 464 g/mol. The number of carbonyl (C=O) groups is 1. The van der Waals surface area contributed by atoms with Gasteiger partial charge in [0.1, 0.15) is 11.5 Å². The summed E-state index contributed by atoms with van der Waals surface area (Å²) in [5.41, 5.74) is 1.82. The van der Waals surface area contributed by atoms with Crippen LogP contribution in [0.15, 0.2) is 77.8 Å². The quantitative estimate of drug-likeness (QED) is 0.504. The molecule has 0 amide bonds. The van der Waals surface area contributed by atoms with Gasteiger partial charge in [0.15, 0.2) is 4.91 Å². The Morgan fingerprint density at radius 2 is 1.64 bits per heavy atom. The lowest BCUT2D eigenvalue weighted by Gasteiger charge is -2.31. The number of rotatable bonds is 6. The molecule has 0 saturated heterocycles. The Kier molecular flexibility index (Phi) is 6.31. The highest BCUT2D eigenvalue weighted by Gasteiger charge is 2.40. The summed E-state index contributed by atoms with van der Waals surface area (Å²) in [6, 6.07) is 18.9. The van der Waals surface area contributed by atoms with Gasteiger partial charge in [0.05, 0.1) is 37.2 Å². The smallest absolute Gasteiger partial charge is 0.270 e. The number of ketones is 1. The molecule has 0 atom stereocenters. The van der Waals surface area contributed by atoms with E-state index in [1.54, 1.807) is 30.3 Å². The van der Waals surface area contributed by atoms with Crippen molar-refractivity contribution in [3.05, 3.63) is 94.0 Å². The van der Waals surface area contributed by atoms with Crippen molar-refractivity contribution in [2.45, 2.75) is 6.54 Å². The topological polar surface area (TPSA) is 84.9 Å². The minimum atomic E-state index is -4.15. The van der Waals surface area contributed by atoms with E-state index in [1.165, 1.54) is 30.8 Å². The highest BCUT2D eigenvalue weighted by molar-refractivity contribution is 7.97. The van der Waals surface area contributed by atoms with Crippen LogP contribution in [0.2, 0.25) is 5.02 Å². The summed E-state index contributed by atoms with van der Waals surface area (Å²) in [7, 11) is -1.22. The fourth-order valence-electron chi connectivity index (χ4n) is 3.56. The van der Waals surface area contributed by atoms with Crippen molar-refractivity contribution in [2.24, 2.45) is 0 Å². The minimum absolute atomic E-state index is 0.0858. The molecule has 0 radical (unpaired) electrons. The third-order valence-corrected chi connectivity index (χ3v) is 7.27. The van der Waals surface area contributed by atoms with Crippen LogP contribution in [0.5, 0.6) is 11.5 Å². The predicted molar refractivity (Wildman–Crippen MR) is 129 cm³/mol. The van der Waals surface area contributed by atoms with Crippen LogP contribution in [0.1, 0.15) is 15.9 Å². The van der Waals surface area contributed by atoms with Crippen LogP contribution < -0.4 is 19.1 Å². The standard InChI is InChI=1S/C24H21ClN2O5S/c1-31-21-13-22(32-2)19(12-18(21)25)26-14-23-24(28)17-10-6-7-11-20(17)27(33(23,29)30)15-16-8-4-3-5-9-16/h3-14,26H,15H2,1-2H3/b23-14+. The van der Waals surface area contributed by atoms with Crippen LogP contribution in [0, 0.1) is 0 Å². The summed E-state index contributed by atoms with van der Waals surface area (Å²) >= 11 is 6.21. The number of allylic oxidation sites excluding steroid dienone is 1. The number of methoxy groups -OCH3 is 2. The lowest BCUT2D eigenvalue weighted by Crippen LogP contribution is -2.39. The highest BCUT2D eigenvalue weighted by atomic mass is 35.5. The molecule has 0 spiro atoms. The normalized spacial score (nSPS) is 15.8. The fraction of sp³-hybridized carbons (Fsp3) is 0.125. The summed E-state index contributed by atoms with van der Waals surface area (Å²) in [4.78, 5) is 12.8. The van der Waals surface area contributed by atoms with Gasteiger partial charge in [0.2, 0.25) is 5.78 Å². The molecule has 0 aromatic heterocycles. The molecule has 33 heavy (non-hydrogen) atoms. The van der Waals surface area contributed by atoms with Crippen molar-refractivity contribution < 1.29 is 22.7 Å². The fourth-order valence-corrected chi connectivity index (χ4v) is 5.32. The van der Waals surface area contributed by atoms with Crippen molar-refractivity contribution in [3.8, 4) is 11.5 Å². The van der Waals surface area contributed by atoms with E-state index in [-0.39, 0.29) is 11.4 Å². The van der Waals surface area contributed by atoms with Gasteiger partial charge in [-0.1, -0.05) is 54.1 Å². The monoisotopic (exact) mass is 484 g/mol. The van der Waals surface area contributed by atoms with Gasteiger partial charge in [-0.05, 0) is 23.8 Å². The number of nitrogens with zero attached hydrogens (tertiary/aromatic N) is 1. The number of sulfonamides is 1. The number of nitrogens with one attached hydrogen (secondary N) is 1. The molecule has 1 heterocycles. The SMILES string of the molecule is COc1cc(OC)c(N/C=C2\C(=O)c3ccccc3N(Cc3ccccc3)S2(=O)=O)cc1Cl. The van der Waals surface area contributed by atoms with Crippen molar-refractivity contribution in [3.63, 3.8) is 0 Å². The van der Waals surface area contributed by atoms with Gasteiger partial charge in [-0.3, -0.25) is 9.10 Å². The maximum absolute atomic E-state index is 13.6. The van der Waals surface area contributed by atoms with Crippen LogP contribution in [0.3, 0.4) is 0 Å². The van der Waals surface area contributed by atoms with Crippen molar-refractivity contribution in [1.82, 2.24) is 0 Å². The predicted octanol–water partition coefficient (Wildman–Crippen LogP) is 4.84. The van der Waals surface area contributed by atoms with E-state index in [4.69, 9.17) is 21.1 Å². The first kappa shape index (κ1) is 22.7. The molecule has 9 heteroatoms. The van der Waals surface area contributed by atoms with Gasteiger partial charge in [0, 0.05) is 17.8 Å². The van der Waals surface area contributed by atoms with E-state index >= 15 is 0 Å². The van der Waals surface area contributed by atoms with Crippen LogP contribution in [-0.2, 0) is 16.6 Å². The van der Waals surface area contributed by atoms with Crippen LogP contribution in [0.25, 0.3) is 0 Å². The number of fused-ring (bicyclic) bond motifs is 1. The van der Waals surface area contributed by atoms with Gasteiger partial charge >= 0.3 is 0 Å². The van der Waals surface area contributed by atoms with Crippen LogP contribution in [0.4, 0.5) is 11.4 Å². The Balaban J connectivity index is 1.78. The van der Waals surface area contributed by atoms with Gasteiger partial charge < -0.3 is 14.8 Å². The van der Waals surface area contributed by atoms with Crippen molar-refractivity contribution >= 4 is 38.8 Å². The molecular formula is C24H21ClN2O5S. The zero-order chi connectivity index (χ0) is 23.6. The van der Waals surface area contributed by atoms with Gasteiger partial charge in [-0.15, -0.1) is 0 Å². The molecule has 170 valence electrons. The molecule has 4 rings (SSSR count). The largest absolute Gasteiger partial charge is 0.495 e. The highest BCUT2D eigenvalue weighted by Crippen LogP contribution is 2.38. The molecule has 0 saturated carbocycles. The number of para-hydroxylation sites is 1. The van der Waals surface area contributed by atoms with E-state index in [9.17, 15) is 13.2 Å². The zero-order valence-corrected chi connectivity index (χ0v) is 19.5. The van der Waals surface area contributed by atoms with E-state index in [1.807, 2.05) is 30.3 Å². The molecule has 0 fully saturated rings. The zero-order valence-electron chi connectivity index (χ0n) is 17.9. The Labute approximate surface area is 197 Å². The molecule has 7 nitrogen and oxygen atoms in total. The molecule has 3 aromatic rings. The van der Waals surface area contributed by atoms with Gasteiger partial charge in [0.25, 0.3) is 10.0 Å². The van der Waals surface area contributed by atoms with Crippen LogP contribution in [-0.4, -0.2) is 28.4 Å². The first-order chi connectivity index (χ1) is 15.9. The Morgan fingerprint density at radius 3 is 2.33 bits per heavy atom. The second-order valence-electron chi connectivity index (χ2n) is 7.18. The van der Waals surface area contributed by atoms with Crippen LogP contribution >= 0.6 is 11.6 Å². The summed E-state index contributed by atoms with van der Waals surface area (Å²) in [6.07, 6.45) is 1.17. The van der Waals surface area contributed by atoms with Crippen molar-refractivity contribution in [2.75, 3.05) is 23.8 Å². The third kappa shape index (κ3) is 4.27. The second kappa shape index (κ2) is 9.17. The number of Topliss-reactive ketones (excluding diaryl/α,β-unsaturated/α-hetero) is 1.